The molecule has 0 unspecified atom stereocenters. The molecule has 9 nitrogen and oxygen atoms in total. The lowest BCUT2D eigenvalue weighted by molar-refractivity contribution is 0.0218. The smallest absolute Gasteiger partial charge is 0.410 e. The van der Waals surface area contributed by atoms with Gasteiger partial charge in [-0.15, -0.1) is 0 Å². The Morgan fingerprint density at radius 2 is 1.97 bits per heavy atom. The van der Waals surface area contributed by atoms with Crippen LogP contribution in [0.5, 0.6) is 0 Å². The van der Waals surface area contributed by atoms with Crippen LogP contribution in [0, 0.1) is 11.3 Å². The van der Waals surface area contributed by atoms with Crippen molar-refractivity contribution < 1.29 is 9.53 Å². The summed E-state index contributed by atoms with van der Waals surface area (Å²) < 4.78 is 7.64. The molecular formula is C26H31N7O2. The number of benzene rings is 1. The fourth-order valence-corrected chi connectivity index (χ4v) is 4.73. The van der Waals surface area contributed by atoms with Gasteiger partial charge in [0.1, 0.15) is 17.7 Å². The number of carbonyl (C=O) groups is 1. The highest BCUT2D eigenvalue weighted by atomic mass is 16.6. The summed E-state index contributed by atoms with van der Waals surface area (Å²) in [5, 5.41) is 10.4. The van der Waals surface area contributed by atoms with Crippen LogP contribution in [0.2, 0.25) is 0 Å². The first-order valence-electron chi connectivity index (χ1n) is 12.1. The Balaban J connectivity index is 1.52. The van der Waals surface area contributed by atoms with Gasteiger partial charge in [-0.3, -0.25) is 4.57 Å². The van der Waals surface area contributed by atoms with Crippen LogP contribution in [0.25, 0.3) is 16.7 Å². The number of ether oxygens (including phenoxy) is 1. The third kappa shape index (κ3) is 4.36. The summed E-state index contributed by atoms with van der Waals surface area (Å²) in [7, 11) is 0. The molecule has 3 aromatic rings. The molecule has 0 N–H and O–H groups in total. The van der Waals surface area contributed by atoms with Crippen LogP contribution in [0.3, 0.4) is 0 Å². The van der Waals surface area contributed by atoms with E-state index in [4.69, 9.17) is 9.72 Å². The van der Waals surface area contributed by atoms with Crippen LogP contribution >= 0.6 is 0 Å². The van der Waals surface area contributed by atoms with Crippen molar-refractivity contribution in [3.63, 3.8) is 0 Å². The fourth-order valence-electron chi connectivity index (χ4n) is 4.73. The Kier molecular flexibility index (Phi) is 5.75. The molecule has 0 bridgehead atoms. The Bertz CT molecular complexity index is 1300. The second kappa shape index (κ2) is 8.77. The number of rotatable bonds is 3. The number of anilines is 2. The van der Waals surface area contributed by atoms with Gasteiger partial charge in [0.15, 0.2) is 5.65 Å². The van der Waals surface area contributed by atoms with E-state index in [0.29, 0.717) is 25.2 Å². The fraction of sp³-hybridized carbons (Fsp3) is 0.462. The zero-order valence-electron chi connectivity index (χ0n) is 20.7. The minimum absolute atomic E-state index is 0.0591. The molecule has 1 amide bonds. The van der Waals surface area contributed by atoms with Crippen LogP contribution < -0.4 is 9.80 Å². The van der Waals surface area contributed by atoms with E-state index in [2.05, 4.69) is 38.5 Å². The van der Waals surface area contributed by atoms with Crippen molar-refractivity contribution in [2.45, 2.75) is 45.8 Å². The number of piperazine rings is 1. The minimum atomic E-state index is -0.520. The topological polar surface area (TPSA) is 90.5 Å². The van der Waals surface area contributed by atoms with Gasteiger partial charge < -0.3 is 19.4 Å². The van der Waals surface area contributed by atoms with Crippen LogP contribution in [0.15, 0.2) is 36.8 Å². The summed E-state index contributed by atoms with van der Waals surface area (Å²) in [4.78, 5) is 28.4. The standard InChI is InChI=1S/C26H31N7O2/c1-18-15-31(25(34)35-26(2,3)4)11-12-32(18)23-22-21(30-9-6-10-30)16-33(24(22)29-17-28-23)20-8-5-7-19(13-20)14-27/h5,7-8,13,16-18H,6,9-12,15H2,1-4H3/t18-/m0/s1. The van der Waals surface area contributed by atoms with E-state index < -0.39 is 5.60 Å². The number of amides is 1. The molecule has 0 saturated carbocycles. The molecule has 0 radical (unpaired) electrons. The molecule has 1 atom stereocenters. The Morgan fingerprint density at radius 1 is 1.17 bits per heavy atom. The molecular weight excluding hydrogens is 442 g/mol. The van der Waals surface area contributed by atoms with Gasteiger partial charge in [0.2, 0.25) is 0 Å². The molecule has 9 heteroatoms. The first-order valence-corrected chi connectivity index (χ1v) is 12.1. The molecule has 35 heavy (non-hydrogen) atoms. The second-order valence-electron chi connectivity index (χ2n) is 10.3. The van der Waals surface area contributed by atoms with E-state index in [9.17, 15) is 10.1 Å². The van der Waals surface area contributed by atoms with Gasteiger partial charge in [-0.05, 0) is 52.3 Å². The number of nitrogens with zero attached hydrogens (tertiary/aromatic N) is 7. The average Bonchev–Trinajstić information content (AvgIpc) is 3.16. The summed E-state index contributed by atoms with van der Waals surface area (Å²) in [5.74, 6) is 0.878. The molecule has 5 rings (SSSR count). The van der Waals surface area contributed by atoms with E-state index in [0.717, 1.165) is 47.7 Å². The summed E-state index contributed by atoms with van der Waals surface area (Å²) in [6.07, 6.45) is 4.60. The first-order chi connectivity index (χ1) is 16.7. The van der Waals surface area contributed by atoms with Gasteiger partial charge in [0, 0.05) is 50.6 Å². The van der Waals surface area contributed by atoms with Crippen molar-refractivity contribution in [1.82, 2.24) is 19.4 Å². The van der Waals surface area contributed by atoms with Crippen molar-refractivity contribution in [2.75, 3.05) is 42.5 Å². The summed E-state index contributed by atoms with van der Waals surface area (Å²) in [6, 6.07) is 9.85. The van der Waals surface area contributed by atoms with Gasteiger partial charge in [-0.1, -0.05) is 6.07 Å². The van der Waals surface area contributed by atoms with Crippen LogP contribution in [-0.4, -0.2) is 69.9 Å². The summed E-state index contributed by atoms with van der Waals surface area (Å²) in [5.41, 5.74) is 2.90. The molecule has 182 valence electrons. The van der Waals surface area contributed by atoms with E-state index in [1.165, 1.54) is 0 Å². The number of carbonyl (C=O) groups excluding carboxylic acids is 1. The van der Waals surface area contributed by atoms with Crippen molar-refractivity contribution in [3.05, 3.63) is 42.4 Å². The van der Waals surface area contributed by atoms with E-state index in [1.807, 2.05) is 39.0 Å². The van der Waals surface area contributed by atoms with Crippen molar-refractivity contribution in [1.29, 1.82) is 5.26 Å². The molecule has 2 aliphatic rings. The number of hydrogen-bond acceptors (Lipinski definition) is 7. The van der Waals surface area contributed by atoms with E-state index in [-0.39, 0.29) is 12.1 Å². The van der Waals surface area contributed by atoms with Gasteiger partial charge in [-0.25, -0.2) is 14.8 Å². The number of hydrogen-bond donors (Lipinski definition) is 0. The lowest BCUT2D eigenvalue weighted by Crippen LogP contribution is -2.55. The summed E-state index contributed by atoms with van der Waals surface area (Å²) >= 11 is 0. The number of nitriles is 1. The molecule has 2 aromatic heterocycles. The maximum absolute atomic E-state index is 12.6. The molecule has 2 fully saturated rings. The Hall–Kier alpha value is -3.80. The largest absolute Gasteiger partial charge is 0.444 e. The zero-order valence-corrected chi connectivity index (χ0v) is 20.7. The zero-order chi connectivity index (χ0) is 24.7. The van der Waals surface area contributed by atoms with Crippen LogP contribution in [0.1, 0.15) is 39.7 Å². The molecule has 0 spiro atoms. The number of fused-ring (bicyclic) bond motifs is 1. The molecule has 0 aliphatic carbocycles. The Morgan fingerprint density at radius 3 is 2.63 bits per heavy atom. The predicted molar refractivity (Wildman–Crippen MR) is 135 cm³/mol. The monoisotopic (exact) mass is 473 g/mol. The highest BCUT2D eigenvalue weighted by molar-refractivity contribution is 6.01. The summed E-state index contributed by atoms with van der Waals surface area (Å²) in [6.45, 7) is 11.5. The van der Waals surface area contributed by atoms with Crippen molar-refractivity contribution in [2.24, 2.45) is 0 Å². The van der Waals surface area contributed by atoms with Crippen LogP contribution in [0.4, 0.5) is 16.3 Å². The predicted octanol–water partition coefficient (Wildman–Crippen LogP) is 3.95. The van der Waals surface area contributed by atoms with Crippen LogP contribution in [-0.2, 0) is 4.74 Å². The van der Waals surface area contributed by atoms with E-state index >= 15 is 0 Å². The third-order valence-corrected chi connectivity index (χ3v) is 6.54. The molecule has 2 aliphatic heterocycles. The van der Waals surface area contributed by atoms with Gasteiger partial charge in [-0.2, -0.15) is 5.26 Å². The number of aromatic nitrogens is 3. The highest BCUT2D eigenvalue weighted by Crippen LogP contribution is 2.39. The third-order valence-electron chi connectivity index (χ3n) is 6.54. The first kappa shape index (κ1) is 23.0. The van der Waals surface area contributed by atoms with Gasteiger partial charge >= 0.3 is 6.09 Å². The minimum Gasteiger partial charge on any atom is -0.444 e. The van der Waals surface area contributed by atoms with E-state index in [1.54, 1.807) is 17.3 Å². The van der Waals surface area contributed by atoms with Gasteiger partial charge in [0.05, 0.1) is 22.7 Å². The quantitative estimate of drug-likeness (QED) is 0.569. The molecule has 2 saturated heterocycles. The maximum Gasteiger partial charge on any atom is 0.410 e. The average molecular weight is 474 g/mol. The molecule has 4 heterocycles. The Labute approximate surface area is 205 Å². The lowest BCUT2D eigenvalue weighted by atomic mass is 10.1. The van der Waals surface area contributed by atoms with Crippen molar-refractivity contribution in [3.8, 4) is 11.8 Å². The second-order valence-corrected chi connectivity index (χ2v) is 10.3. The molecule has 1 aromatic carbocycles. The maximum atomic E-state index is 12.6. The van der Waals surface area contributed by atoms with Crippen molar-refractivity contribution >= 4 is 28.6 Å². The normalized spacial score (nSPS) is 18.4. The lowest BCUT2D eigenvalue weighted by Gasteiger charge is -2.41. The highest BCUT2D eigenvalue weighted by Gasteiger charge is 2.33. The SMILES string of the molecule is C[C@H]1CN(C(=O)OC(C)(C)C)CCN1c1ncnc2c1c(N1CCC1)cn2-c1cccc(C#N)c1. The van der Waals surface area contributed by atoms with Gasteiger partial charge in [0.25, 0.3) is 0 Å².